The Morgan fingerprint density at radius 3 is 2.55 bits per heavy atom. The lowest BCUT2D eigenvalue weighted by molar-refractivity contribution is 0.0228. The van der Waals surface area contributed by atoms with Gasteiger partial charge in [-0.15, -0.1) is 0 Å². The summed E-state index contributed by atoms with van der Waals surface area (Å²) in [6.45, 7) is 5.52. The first-order valence-electron chi connectivity index (χ1n) is 6.05. The predicted molar refractivity (Wildman–Crippen MR) is 72.8 cm³/mol. The summed E-state index contributed by atoms with van der Waals surface area (Å²) in [4.78, 5) is 11.8. The van der Waals surface area contributed by atoms with Crippen LogP contribution in [0.3, 0.4) is 0 Å². The minimum Gasteiger partial charge on any atom is -0.377 e. The van der Waals surface area contributed by atoms with E-state index in [1.165, 1.54) is 7.11 Å². The molecule has 0 unspecified atom stereocenters. The molecule has 20 heavy (non-hydrogen) atoms. The van der Waals surface area contributed by atoms with Crippen LogP contribution >= 0.6 is 0 Å². The summed E-state index contributed by atoms with van der Waals surface area (Å²) in [5.41, 5.74) is -0.485. The fraction of sp³-hybridized carbons (Fsp3) is 0.636. The van der Waals surface area contributed by atoms with Gasteiger partial charge >= 0.3 is 0 Å². The van der Waals surface area contributed by atoms with Crippen LogP contribution in [0.4, 0.5) is 0 Å². The number of methoxy groups -OCH3 is 1. The molecular weight excluding hydrogens is 284 g/mol. The molecule has 9 heteroatoms. The Labute approximate surface area is 118 Å². The van der Waals surface area contributed by atoms with Crippen LogP contribution in [-0.4, -0.2) is 43.8 Å². The molecule has 0 saturated carbocycles. The molecule has 0 radical (unpaired) electrons. The van der Waals surface area contributed by atoms with Crippen molar-refractivity contribution < 1.29 is 17.9 Å². The van der Waals surface area contributed by atoms with Gasteiger partial charge in [0.2, 0.25) is 10.0 Å². The van der Waals surface area contributed by atoms with Gasteiger partial charge in [0.25, 0.3) is 5.91 Å². The number of nitrogens with two attached hydrogens (primary N) is 1. The van der Waals surface area contributed by atoms with E-state index in [9.17, 15) is 13.2 Å². The summed E-state index contributed by atoms with van der Waals surface area (Å²) in [5.74, 6) is -0.616. The molecule has 0 fully saturated rings. The molecular formula is C11H20N4O4S. The van der Waals surface area contributed by atoms with E-state index in [0.717, 1.165) is 0 Å². The Kier molecular flexibility index (Phi) is 4.90. The number of sulfonamides is 1. The van der Waals surface area contributed by atoms with E-state index in [2.05, 4.69) is 15.5 Å². The molecule has 1 aromatic heterocycles. The van der Waals surface area contributed by atoms with Crippen molar-refractivity contribution in [2.24, 2.45) is 5.14 Å². The molecule has 1 rings (SSSR count). The van der Waals surface area contributed by atoms with Crippen LogP contribution < -0.4 is 10.5 Å². The third-order valence-electron chi connectivity index (χ3n) is 2.87. The summed E-state index contributed by atoms with van der Waals surface area (Å²) < 4.78 is 28.3. The van der Waals surface area contributed by atoms with Crippen LogP contribution in [0.5, 0.6) is 0 Å². The topological polar surface area (TPSA) is 127 Å². The van der Waals surface area contributed by atoms with Gasteiger partial charge in [0.05, 0.1) is 11.3 Å². The van der Waals surface area contributed by atoms with Crippen LogP contribution in [0.2, 0.25) is 0 Å². The Bertz CT molecular complexity index is 592. The van der Waals surface area contributed by atoms with Gasteiger partial charge in [-0.2, -0.15) is 5.10 Å². The van der Waals surface area contributed by atoms with E-state index in [1.54, 1.807) is 20.8 Å². The minimum atomic E-state index is -4.02. The first-order chi connectivity index (χ1) is 9.12. The molecule has 114 valence electrons. The van der Waals surface area contributed by atoms with Gasteiger partial charge in [-0.25, -0.2) is 13.6 Å². The fourth-order valence-electron chi connectivity index (χ4n) is 1.52. The molecule has 1 amide bonds. The van der Waals surface area contributed by atoms with Gasteiger partial charge in [0.1, 0.15) is 4.90 Å². The molecule has 0 bridgehead atoms. The van der Waals surface area contributed by atoms with Crippen molar-refractivity contribution in [3.05, 3.63) is 11.4 Å². The molecule has 1 heterocycles. The molecule has 0 atom stereocenters. The number of carbonyl (C=O) groups is 1. The molecule has 0 spiro atoms. The maximum Gasteiger partial charge on any atom is 0.273 e. The highest BCUT2D eigenvalue weighted by molar-refractivity contribution is 7.89. The van der Waals surface area contributed by atoms with Gasteiger partial charge in [-0.05, 0) is 20.3 Å². The summed E-state index contributed by atoms with van der Waals surface area (Å²) >= 11 is 0. The number of rotatable bonds is 6. The molecule has 0 aliphatic heterocycles. The standard InChI is InChI=1S/C11H20N4O4S/c1-5-7-9(20(12,17)18)8(15-14-7)10(16)13-6-11(2,3)19-4/h5-6H2,1-4H3,(H,13,16)(H,14,15)(H2,12,17,18). The van der Waals surface area contributed by atoms with E-state index in [4.69, 9.17) is 9.88 Å². The lowest BCUT2D eigenvalue weighted by Gasteiger charge is -2.22. The average Bonchev–Trinajstić information content (AvgIpc) is 2.79. The Balaban J connectivity index is 3.03. The number of amides is 1. The normalized spacial score (nSPS) is 12.4. The van der Waals surface area contributed by atoms with Crippen molar-refractivity contribution in [2.75, 3.05) is 13.7 Å². The molecule has 4 N–H and O–H groups in total. The average molecular weight is 304 g/mol. The maximum absolute atomic E-state index is 12.0. The number of aromatic nitrogens is 2. The number of hydrogen-bond acceptors (Lipinski definition) is 5. The van der Waals surface area contributed by atoms with Gasteiger partial charge in [0, 0.05) is 13.7 Å². The number of primary sulfonamides is 1. The minimum absolute atomic E-state index is 0.209. The van der Waals surface area contributed by atoms with Crippen molar-refractivity contribution in [1.82, 2.24) is 15.5 Å². The second-order valence-corrected chi connectivity index (χ2v) is 6.42. The SMILES string of the molecule is CCc1[nH]nc(C(=O)NCC(C)(C)OC)c1S(N)(=O)=O. The number of nitrogens with zero attached hydrogens (tertiary/aromatic N) is 1. The Morgan fingerprint density at radius 1 is 1.50 bits per heavy atom. The number of nitrogens with one attached hydrogen (secondary N) is 2. The van der Waals surface area contributed by atoms with Crippen LogP contribution in [-0.2, 0) is 21.2 Å². The summed E-state index contributed by atoms with van der Waals surface area (Å²) in [6.07, 6.45) is 0.371. The largest absolute Gasteiger partial charge is 0.377 e. The first kappa shape index (κ1) is 16.6. The van der Waals surface area contributed by atoms with Gasteiger partial charge in [-0.3, -0.25) is 9.89 Å². The van der Waals surface area contributed by atoms with Crippen molar-refractivity contribution in [3.8, 4) is 0 Å². The molecule has 8 nitrogen and oxygen atoms in total. The number of ether oxygens (including phenoxy) is 1. The second-order valence-electron chi connectivity index (χ2n) is 4.92. The summed E-state index contributed by atoms with van der Waals surface area (Å²) in [7, 11) is -2.50. The lowest BCUT2D eigenvalue weighted by Crippen LogP contribution is -2.40. The maximum atomic E-state index is 12.0. The van der Waals surface area contributed by atoms with Crippen molar-refractivity contribution >= 4 is 15.9 Å². The van der Waals surface area contributed by atoms with Crippen LogP contribution in [0.1, 0.15) is 37.0 Å². The summed E-state index contributed by atoms with van der Waals surface area (Å²) in [6, 6.07) is 0. The zero-order chi connectivity index (χ0) is 15.6. The van der Waals surface area contributed by atoms with E-state index in [0.29, 0.717) is 12.1 Å². The molecule has 0 saturated heterocycles. The Morgan fingerprint density at radius 2 is 2.10 bits per heavy atom. The molecule has 0 aliphatic rings. The van der Waals surface area contributed by atoms with Crippen LogP contribution in [0.15, 0.2) is 4.90 Å². The molecule has 0 aromatic carbocycles. The van der Waals surface area contributed by atoms with Gasteiger partial charge in [0.15, 0.2) is 5.69 Å². The number of aryl methyl sites for hydroxylation is 1. The van der Waals surface area contributed by atoms with Gasteiger partial charge < -0.3 is 10.1 Å². The highest BCUT2D eigenvalue weighted by Gasteiger charge is 2.27. The second kappa shape index (κ2) is 5.90. The van der Waals surface area contributed by atoms with Crippen molar-refractivity contribution in [3.63, 3.8) is 0 Å². The zero-order valence-corrected chi connectivity index (χ0v) is 12.8. The van der Waals surface area contributed by atoms with Gasteiger partial charge in [-0.1, -0.05) is 6.92 Å². The lowest BCUT2D eigenvalue weighted by atomic mass is 10.1. The van der Waals surface area contributed by atoms with E-state index in [-0.39, 0.29) is 17.1 Å². The fourth-order valence-corrected chi connectivity index (χ4v) is 2.46. The predicted octanol–water partition coefficient (Wildman–Crippen LogP) is -0.226. The quantitative estimate of drug-likeness (QED) is 0.669. The monoisotopic (exact) mass is 304 g/mol. The van der Waals surface area contributed by atoms with Crippen molar-refractivity contribution in [1.29, 1.82) is 0 Å². The van der Waals surface area contributed by atoms with E-state index in [1.807, 2.05) is 0 Å². The zero-order valence-electron chi connectivity index (χ0n) is 12.0. The van der Waals surface area contributed by atoms with Crippen LogP contribution in [0.25, 0.3) is 0 Å². The van der Waals surface area contributed by atoms with E-state index < -0.39 is 21.5 Å². The summed E-state index contributed by atoms with van der Waals surface area (Å²) in [5, 5.41) is 14.0. The highest BCUT2D eigenvalue weighted by atomic mass is 32.2. The number of H-pyrrole nitrogens is 1. The molecule has 0 aliphatic carbocycles. The Hall–Kier alpha value is -1.45. The highest BCUT2D eigenvalue weighted by Crippen LogP contribution is 2.17. The van der Waals surface area contributed by atoms with E-state index >= 15 is 0 Å². The first-order valence-corrected chi connectivity index (χ1v) is 7.60. The van der Waals surface area contributed by atoms with Crippen LogP contribution in [0, 0.1) is 0 Å². The smallest absolute Gasteiger partial charge is 0.273 e. The third kappa shape index (κ3) is 3.78. The number of aromatic amines is 1. The number of hydrogen-bond donors (Lipinski definition) is 3. The number of carbonyl (C=O) groups excluding carboxylic acids is 1. The third-order valence-corrected chi connectivity index (χ3v) is 3.88. The molecule has 1 aromatic rings. The van der Waals surface area contributed by atoms with Crippen molar-refractivity contribution in [2.45, 2.75) is 37.7 Å².